The molecule has 146 valence electrons. The SMILES string of the molecule is O=C(O)C1CCN(C(=O)C2CCN(C(=O)CCc3ccccc3)CC2)CC1. The van der Waals surface area contributed by atoms with Crippen molar-refractivity contribution < 1.29 is 19.5 Å². The molecule has 6 nitrogen and oxygen atoms in total. The highest BCUT2D eigenvalue weighted by molar-refractivity contribution is 5.80. The van der Waals surface area contributed by atoms with Crippen LogP contribution in [-0.2, 0) is 20.8 Å². The minimum atomic E-state index is -0.760. The Balaban J connectivity index is 1.41. The zero-order valence-corrected chi connectivity index (χ0v) is 15.7. The van der Waals surface area contributed by atoms with E-state index in [0.717, 1.165) is 6.42 Å². The van der Waals surface area contributed by atoms with Gasteiger partial charge in [0.2, 0.25) is 11.8 Å². The highest BCUT2D eigenvalue weighted by atomic mass is 16.4. The maximum Gasteiger partial charge on any atom is 0.306 e. The summed E-state index contributed by atoms with van der Waals surface area (Å²) in [6.07, 6.45) is 3.74. The van der Waals surface area contributed by atoms with Gasteiger partial charge < -0.3 is 14.9 Å². The number of benzene rings is 1. The van der Waals surface area contributed by atoms with E-state index in [1.165, 1.54) is 5.56 Å². The molecule has 0 unspecified atom stereocenters. The van der Waals surface area contributed by atoms with Crippen molar-refractivity contribution in [2.45, 2.75) is 38.5 Å². The number of carbonyl (C=O) groups excluding carboxylic acids is 2. The minimum absolute atomic E-state index is 0.0375. The van der Waals surface area contributed by atoms with Gasteiger partial charge in [0, 0.05) is 38.5 Å². The van der Waals surface area contributed by atoms with Gasteiger partial charge in [-0.3, -0.25) is 14.4 Å². The molecule has 0 saturated carbocycles. The van der Waals surface area contributed by atoms with Crippen LogP contribution in [0.4, 0.5) is 0 Å². The number of rotatable bonds is 5. The van der Waals surface area contributed by atoms with E-state index in [1.807, 2.05) is 40.1 Å². The van der Waals surface area contributed by atoms with E-state index in [2.05, 4.69) is 0 Å². The molecule has 27 heavy (non-hydrogen) atoms. The van der Waals surface area contributed by atoms with Crippen LogP contribution >= 0.6 is 0 Å². The first-order valence-electron chi connectivity index (χ1n) is 9.88. The van der Waals surface area contributed by atoms with Crippen LogP contribution in [0.3, 0.4) is 0 Å². The van der Waals surface area contributed by atoms with Gasteiger partial charge in [-0.05, 0) is 37.7 Å². The molecule has 3 rings (SSSR count). The molecule has 2 aliphatic heterocycles. The lowest BCUT2D eigenvalue weighted by Crippen LogP contribution is -2.47. The Bertz CT molecular complexity index is 660. The third-order valence-electron chi connectivity index (χ3n) is 5.82. The Labute approximate surface area is 160 Å². The second-order valence-electron chi connectivity index (χ2n) is 7.58. The average Bonchev–Trinajstić information content (AvgIpc) is 2.72. The number of amides is 2. The zero-order valence-electron chi connectivity index (χ0n) is 15.7. The first-order chi connectivity index (χ1) is 13.0. The Kier molecular flexibility index (Phi) is 6.48. The lowest BCUT2D eigenvalue weighted by atomic mass is 9.92. The van der Waals surface area contributed by atoms with Gasteiger partial charge in [0.1, 0.15) is 0 Å². The van der Waals surface area contributed by atoms with E-state index >= 15 is 0 Å². The summed E-state index contributed by atoms with van der Waals surface area (Å²) in [5, 5.41) is 9.07. The molecule has 2 saturated heterocycles. The molecule has 2 aliphatic rings. The van der Waals surface area contributed by atoms with Crippen molar-refractivity contribution in [1.82, 2.24) is 9.80 Å². The third-order valence-corrected chi connectivity index (χ3v) is 5.82. The topological polar surface area (TPSA) is 77.9 Å². The fourth-order valence-corrected chi connectivity index (χ4v) is 4.03. The molecule has 1 aromatic carbocycles. The second-order valence-corrected chi connectivity index (χ2v) is 7.58. The highest BCUT2D eigenvalue weighted by Gasteiger charge is 2.33. The summed E-state index contributed by atoms with van der Waals surface area (Å²) in [5.74, 6) is -0.825. The van der Waals surface area contributed by atoms with E-state index in [-0.39, 0.29) is 23.7 Å². The van der Waals surface area contributed by atoms with Gasteiger partial charge >= 0.3 is 5.97 Å². The van der Waals surface area contributed by atoms with E-state index in [1.54, 1.807) is 0 Å². The van der Waals surface area contributed by atoms with Gasteiger partial charge in [-0.2, -0.15) is 0 Å². The number of nitrogens with zero attached hydrogens (tertiary/aromatic N) is 2. The molecular weight excluding hydrogens is 344 g/mol. The fraction of sp³-hybridized carbons (Fsp3) is 0.571. The lowest BCUT2D eigenvalue weighted by molar-refractivity contribution is -0.147. The molecule has 1 aromatic rings. The number of carboxylic acid groups (broad SMARTS) is 1. The van der Waals surface area contributed by atoms with E-state index in [0.29, 0.717) is 58.3 Å². The Morgan fingerprint density at radius 3 is 2.00 bits per heavy atom. The summed E-state index contributed by atoms with van der Waals surface area (Å²) in [7, 11) is 0. The average molecular weight is 372 g/mol. The van der Waals surface area contributed by atoms with Crippen LogP contribution in [0.5, 0.6) is 0 Å². The van der Waals surface area contributed by atoms with Gasteiger partial charge in [0.25, 0.3) is 0 Å². The van der Waals surface area contributed by atoms with Crippen molar-refractivity contribution in [3.63, 3.8) is 0 Å². The molecule has 0 spiro atoms. The summed E-state index contributed by atoms with van der Waals surface area (Å²) in [5.41, 5.74) is 1.17. The monoisotopic (exact) mass is 372 g/mol. The Morgan fingerprint density at radius 2 is 1.41 bits per heavy atom. The van der Waals surface area contributed by atoms with Gasteiger partial charge in [-0.1, -0.05) is 30.3 Å². The van der Waals surface area contributed by atoms with E-state index in [4.69, 9.17) is 5.11 Å². The second kappa shape index (κ2) is 9.02. The first-order valence-corrected chi connectivity index (χ1v) is 9.88. The molecule has 2 amide bonds. The molecule has 2 heterocycles. The quantitative estimate of drug-likeness (QED) is 0.859. The number of carbonyl (C=O) groups is 3. The Hall–Kier alpha value is -2.37. The smallest absolute Gasteiger partial charge is 0.306 e. The number of aliphatic carboxylic acids is 1. The van der Waals surface area contributed by atoms with Crippen LogP contribution in [0.2, 0.25) is 0 Å². The summed E-state index contributed by atoms with van der Waals surface area (Å²) >= 11 is 0. The molecular formula is C21H28N2O4. The van der Waals surface area contributed by atoms with Crippen molar-refractivity contribution in [2.24, 2.45) is 11.8 Å². The number of carboxylic acids is 1. The summed E-state index contributed by atoms with van der Waals surface area (Å²) in [4.78, 5) is 39.8. The Morgan fingerprint density at radius 1 is 0.852 bits per heavy atom. The van der Waals surface area contributed by atoms with Crippen LogP contribution in [0.1, 0.15) is 37.7 Å². The van der Waals surface area contributed by atoms with Gasteiger partial charge in [0.05, 0.1) is 5.92 Å². The number of aryl methyl sites for hydroxylation is 1. The normalized spacial score (nSPS) is 19.1. The first kappa shape index (κ1) is 19.4. The predicted molar refractivity (Wildman–Crippen MR) is 101 cm³/mol. The van der Waals surface area contributed by atoms with Crippen molar-refractivity contribution in [3.8, 4) is 0 Å². The van der Waals surface area contributed by atoms with E-state index in [9.17, 15) is 14.4 Å². The van der Waals surface area contributed by atoms with Crippen molar-refractivity contribution in [2.75, 3.05) is 26.2 Å². The van der Waals surface area contributed by atoms with Crippen LogP contribution < -0.4 is 0 Å². The summed E-state index contributed by atoms with van der Waals surface area (Å²) in [6.45, 7) is 2.34. The summed E-state index contributed by atoms with van der Waals surface area (Å²) < 4.78 is 0. The standard InChI is InChI=1S/C21H28N2O4/c24-19(7-6-16-4-2-1-3-5-16)22-12-8-17(9-13-22)20(25)23-14-10-18(11-15-23)21(26)27/h1-5,17-18H,6-15H2,(H,26,27). The number of piperidine rings is 2. The van der Waals surface area contributed by atoms with Crippen molar-refractivity contribution in [1.29, 1.82) is 0 Å². The maximum absolute atomic E-state index is 12.7. The lowest BCUT2D eigenvalue weighted by Gasteiger charge is -2.36. The number of likely N-dealkylation sites (tertiary alicyclic amines) is 2. The zero-order chi connectivity index (χ0) is 19.2. The molecule has 0 aromatic heterocycles. The van der Waals surface area contributed by atoms with Gasteiger partial charge in [-0.25, -0.2) is 0 Å². The minimum Gasteiger partial charge on any atom is -0.481 e. The van der Waals surface area contributed by atoms with Crippen LogP contribution in [0, 0.1) is 11.8 Å². The van der Waals surface area contributed by atoms with Gasteiger partial charge in [-0.15, -0.1) is 0 Å². The van der Waals surface area contributed by atoms with E-state index < -0.39 is 5.97 Å². The molecule has 6 heteroatoms. The highest BCUT2D eigenvalue weighted by Crippen LogP contribution is 2.24. The molecule has 0 atom stereocenters. The third kappa shape index (κ3) is 5.08. The molecule has 0 radical (unpaired) electrons. The van der Waals surface area contributed by atoms with Crippen LogP contribution in [-0.4, -0.2) is 58.9 Å². The van der Waals surface area contributed by atoms with Gasteiger partial charge in [0.15, 0.2) is 0 Å². The maximum atomic E-state index is 12.7. The van der Waals surface area contributed by atoms with Crippen molar-refractivity contribution >= 4 is 17.8 Å². The number of hydrogen-bond donors (Lipinski definition) is 1. The largest absolute Gasteiger partial charge is 0.481 e. The predicted octanol–water partition coefficient (Wildman–Crippen LogP) is 2.18. The summed E-state index contributed by atoms with van der Waals surface area (Å²) in [6, 6.07) is 10.0. The van der Waals surface area contributed by atoms with Crippen LogP contribution in [0.15, 0.2) is 30.3 Å². The molecule has 2 fully saturated rings. The molecule has 0 aliphatic carbocycles. The van der Waals surface area contributed by atoms with Crippen molar-refractivity contribution in [3.05, 3.63) is 35.9 Å². The molecule has 0 bridgehead atoms. The molecule has 1 N–H and O–H groups in total. The van der Waals surface area contributed by atoms with Crippen LogP contribution in [0.25, 0.3) is 0 Å². The number of hydrogen-bond acceptors (Lipinski definition) is 3. The fourth-order valence-electron chi connectivity index (χ4n) is 4.03.